The van der Waals surface area contributed by atoms with Gasteiger partial charge in [0.2, 0.25) is 0 Å². The molecule has 9 atom stereocenters. The predicted octanol–water partition coefficient (Wildman–Crippen LogP) is 6.23. The lowest BCUT2D eigenvalue weighted by Gasteiger charge is -2.47. The molecule has 0 spiro atoms. The first-order valence-corrected chi connectivity index (χ1v) is 13.4. The number of fused-ring (bicyclic) bond motifs is 4. The van der Waals surface area contributed by atoms with Gasteiger partial charge in [0.05, 0.1) is 0 Å². The summed E-state index contributed by atoms with van der Waals surface area (Å²) >= 11 is 0. The van der Waals surface area contributed by atoms with Crippen LogP contribution in [-0.4, -0.2) is 23.6 Å². The molecule has 178 valence electrons. The Morgan fingerprint density at radius 2 is 1.84 bits per heavy atom. The van der Waals surface area contributed by atoms with Gasteiger partial charge in [0.15, 0.2) is 5.41 Å². The van der Waals surface area contributed by atoms with E-state index in [2.05, 4.69) is 20.4 Å². The van der Waals surface area contributed by atoms with Crippen molar-refractivity contribution in [1.29, 1.82) is 0 Å². The molecular formula is C28H42O4. The highest BCUT2D eigenvalue weighted by atomic mass is 16.6. The maximum atomic E-state index is 13.6. The van der Waals surface area contributed by atoms with E-state index in [0.717, 1.165) is 44.4 Å². The van der Waals surface area contributed by atoms with E-state index in [1.807, 2.05) is 0 Å². The summed E-state index contributed by atoms with van der Waals surface area (Å²) in [6.07, 6.45) is 15.7. The molecule has 4 bridgehead atoms. The van der Waals surface area contributed by atoms with Crippen LogP contribution in [0.1, 0.15) is 97.3 Å². The molecular weight excluding hydrogens is 400 g/mol. The van der Waals surface area contributed by atoms with E-state index in [1.165, 1.54) is 38.5 Å². The van der Waals surface area contributed by atoms with E-state index in [0.29, 0.717) is 30.1 Å². The first-order chi connectivity index (χ1) is 15.4. The van der Waals surface area contributed by atoms with Crippen molar-refractivity contribution in [3.05, 3.63) is 12.7 Å². The molecule has 5 aliphatic carbocycles. The summed E-state index contributed by atoms with van der Waals surface area (Å²) in [6.45, 7) is 8.46. The number of hydrogen-bond acceptors (Lipinski definition) is 4. The number of allylic oxidation sites excluding steroid dienone is 1. The SMILES string of the molecule is C=CC1CC1(C(=O)OC1CC2CCC(CC)C(C2)C1)C(=O)OC12CCCC(CC(C)C1)C2. The van der Waals surface area contributed by atoms with Gasteiger partial charge < -0.3 is 9.47 Å². The molecule has 32 heavy (non-hydrogen) atoms. The summed E-state index contributed by atoms with van der Waals surface area (Å²) < 4.78 is 12.4. The maximum absolute atomic E-state index is 13.6. The van der Waals surface area contributed by atoms with E-state index in [4.69, 9.17) is 9.47 Å². The molecule has 0 radical (unpaired) electrons. The lowest BCUT2D eigenvalue weighted by molar-refractivity contribution is -0.187. The van der Waals surface area contributed by atoms with Gasteiger partial charge >= 0.3 is 11.9 Å². The van der Waals surface area contributed by atoms with Crippen molar-refractivity contribution in [2.24, 2.45) is 40.9 Å². The second kappa shape index (κ2) is 8.47. The fourth-order valence-electron chi connectivity index (χ4n) is 8.29. The van der Waals surface area contributed by atoms with Gasteiger partial charge in [-0.15, -0.1) is 6.58 Å². The molecule has 5 aliphatic rings. The summed E-state index contributed by atoms with van der Waals surface area (Å²) in [7, 11) is 0. The molecule has 0 aromatic carbocycles. The molecule has 5 fully saturated rings. The number of carbonyl (C=O) groups is 2. The first kappa shape index (κ1) is 22.5. The van der Waals surface area contributed by atoms with Gasteiger partial charge in [-0.25, -0.2) is 0 Å². The topological polar surface area (TPSA) is 52.6 Å². The molecule has 0 saturated heterocycles. The monoisotopic (exact) mass is 442 g/mol. The summed E-state index contributed by atoms with van der Waals surface area (Å²) in [5.74, 6) is 2.53. The Balaban J connectivity index is 1.28. The minimum Gasteiger partial charge on any atom is -0.461 e. The van der Waals surface area contributed by atoms with E-state index in [-0.39, 0.29) is 29.6 Å². The van der Waals surface area contributed by atoms with Crippen LogP contribution in [0.2, 0.25) is 0 Å². The highest BCUT2D eigenvalue weighted by Gasteiger charge is 2.68. The van der Waals surface area contributed by atoms with Gasteiger partial charge in [-0.2, -0.15) is 0 Å². The molecule has 9 unspecified atom stereocenters. The van der Waals surface area contributed by atoms with Crippen LogP contribution in [0.3, 0.4) is 0 Å². The largest absolute Gasteiger partial charge is 0.461 e. The van der Waals surface area contributed by atoms with Crippen LogP contribution in [0.5, 0.6) is 0 Å². The van der Waals surface area contributed by atoms with Gasteiger partial charge in [-0.1, -0.05) is 39.2 Å². The third kappa shape index (κ3) is 3.94. The number of ether oxygens (including phenoxy) is 2. The molecule has 5 saturated carbocycles. The Hall–Kier alpha value is -1.32. The molecule has 5 rings (SSSR count). The summed E-state index contributed by atoms with van der Waals surface area (Å²) in [4.78, 5) is 27.1. The summed E-state index contributed by atoms with van der Waals surface area (Å²) in [5.41, 5.74) is -1.50. The van der Waals surface area contributed by atoms with Crippen LogP contribution >= 0.6 is 0 Å². The normalized spacial score (nSPS) is 47.2. The molecule has 0 heterocycles. The van der Waals surface area contributed by atoms with Crippen LogP contribution < -0.4 is 0 Å². The van der Waals surface area contributed by atoms with Gasteiger partial charge in [-0.3, -0.25) is 9.59 Å². The molecule has 4 heteroatoms. The lowest BCUT2D eigenvalue weighted by Crippen LogP contribution is -2.48. The Morgan fingerprint density at radius 3 is 2.59 bits per heavy atom. The Bertz CT molecular complexity index is 757. The number of carbonyl (C=O) groups excluding carboxylic acids is 2. The van der Waals surface area contributed by atoms with Crippen molar-refractivity contribution in [3.8, 4) is 0 Å². The van der Waals surface area contributed by atoms with E-state index in [1.54, 1.807) is 6.08 Å². The Morgan fingerprint density at radius 1 is 1.00 bits per heavy atom. The average molecular weight is 443 g/mol. The van der Waals surface area contributed by atoms with E-state index < -0.39 is 5.41 Å². The van der Waals surface area contributed by atoms with E-state index in [9.17, 15) is 9.59 Å². The van der Waals surface area contributed by atoms with Crippen molar-refractivity contribution in [2.75, 3.05) is 0 Å². The van der Waals surface area contributed by atoms with Crippen molar-refractivity contribution < 1.29 is 19.1 Å². The second-order valence-corrected chi connectivity index (χ2v) is 12.2. The van der Waals surface area contributed by atoms with Crippen molar-refractivity contribution >= 4 is 11.9 Å². The van der Waals surface area contributed by atoms with Crippen molar-refractivity contribution in [2.45, 2.75) is 109 Å². The van der Waals surface area contributed by atoms with Gasteiger partial charge in [0.1, 0.15) is 11.7 Å². The van der Waals surface area contributed by atoms with Crippen LogP contribution in [-0.2, 0) is 19.1 Å². The first-order valence-electron chi connectivity index (χ1n) is 13.4. The minimum absolute atomic E-state index is 0.0386. The van der Waals surface area contributed by atoms with Gasteiger partial charge in [0, 0.05) is 5.92 Å². The predicted molar refractivity (Wildman–Crippen MR) is 124 cm³/mol. The number of esters is 2. The standard InChI is InChI=1S/C28H42O4/c1-4-21-9-8-19-12-22(21)14-24(13-19)31-25(29)28(17-23(28)5-2)26(30)32-27-10-6-7-20(16-27)11-18(3)15-27/h5,18-24H,2,4,6-17H2,1,3H3. The lowest BCUT2D eigenvalue weighted by atomic mass is 9.65. The molecule has 0 aromatic rings. The maximum Gasteiger partial charge on any atom is 0.324 e. The van der Waals surface area contributed by atoms with Crippen molar-refractivity contribution in [1.82, 2.24) is 0 Å². The van der Waals surface area contributed by atoms with E-state index >= 15 is 0 Å². The second-order valence-electron chi connectivity index (χ2n) is 12.2. The third-order valence-electron chi connectivity index (χ3n) is 9.91. The zero-order valence-corrected chi connectivity index (χ0v) is 20.2. The zero-order valence-electron chi connectivity index (χ0n) is 20.2. The van der Waals surface area contributed by atoms with Crippen molar-refractivity contribution in [3.63, 3.8) is 0 Å². The smallest absolute Gasteiger partial charge is 0.324 e. The van der Waals surface area contributed by atoms with Gasteiger partial charge in [-0.05, 0) is 93.8 Å². The Kier molecular flexibility index (Phi) is 5.95. The highest BCUT2D eigenvalue weighted by Crippen LogP contribution is 2.58. The molecule has 0 amide bonds. The van der Waals surface area contributed by atoms with Crippen LogP contribution in [0.15, 0.2) is 12.7 Å². The number of rotatable bonds is 6. The number of hydrogen-bond donors (Lipinski definition) is 0. The van der Waals surface area contributed by atoms with Crippen LogP contribution in [0.4, 0.5) is 0 Å². The van der Waals surface area contributed by atoms with Crippen LogP contribution in [0, 0.1) is 40.9 Å². The molecule has 0 aromatic heterocycles. The molecule has 0 N–H and O–H groups in total. The van der Waals surface area contributed by atoms with Crippen LogP contribution in [0.25, 0.3) is 0 Å². The quantitative estimate of drug-likeness (QED) is 0.278. The minimum atomic E-state index is -1.14. The van der Waals surface area contributed by atoms with Gasteiger partial charge in [0.25, 0.3) is 0 Å². The summed E-state index contributed by atoms with van der Waals surface area (Å²) in [6, 6.07) is 0. The zero-order chi connectivity index (χ0) is 22.5. The molecule has 0 aliphatic heterocycles. The fourth-order valence-corrected chi connectivity index (χ4v) is 8.29. The summed E-state index contributed by atoms with van der Waals surface area (Å²) in [5, 5.41) is 0. The highest BCUT2D eigenvalue weighted by molar-refractivity contribution is 6.04. The Labute approximate surface area is 193 Å². The fraction of sp³-hybridized carbons (Fsp3) is 0.857. The average Bonchev–Trinajstić information content (AvgIpc) is 3.49. The third-order valence-corrected chi connectivity index (χ3v) is 9.91. The molecule has 4 nitrogen and oxygen atoms in total.